The number of anilines is 4. The quantitative estimate of drug-likeness (QED) is 0.282. The molecular formula is C27H24N8O2. The molecule has 0 aliphatic rings. The molecule has 0 saturated carbocycles. The smallest absolute Gasteiger partial charge is 0.247 e. The van der Waals surface area contributed by atoms with E-state index in [0.29, 0.717) is 34.5 Å². The van der Waals surface area contributed by atoms with Crippen molar-refractivity contribution in [2.45, 2.75) is 0 Å². The lowest BCUT2D eigenvalue weighted by Gasteiger charge is -2.14. The standard InChI is InChI=1S/C27H24N8O2/c1-4-21(36)33-18-9-6-16(7-10-18)24-22(23-25(28)31-15-32-26(23)35(24)2)17-8-11-19(20(14-17)37-3)34-27-29-12-5-13-30-27/h4-15H,1H2,2-3H3,(H,33,36)(H2,28,31,32)(H,29,30,34). The number of fused-ring (bicyclic) bond motifs is 1. The molecule has 0 aliphatic carbocycles. The van der Waals surface area contributed by atoms with Crippen molar-refractivity contribution in [1.29, 1.82) is 0 Å². The van der Waals surface area contributed by atoms with Crippen molar-refractivity contribution in [2.75, 3.05) is 23.5 Å². The fraction of sp³-hybridized carbons (Fsp3) is 0.0741. The van der Waals surface area contributed by atoms with E-state index in [1.165, 1.54) is 12.4 Å². The van der Waals surface area contributed by atoms with Crippen LogP contribution in [0.5, 0.6) is 5.75 Å². The molecule has 5 aromatic rings. The highest BCUT2D eigenvalue weighted by atomic mass is 16.5. The van der Waals surface area contributed by atoms with Crippen molar-refractivity contribution < 1.29 is 9.53 Å². The number of aryl methyl sites for hydroxylation is 1. The molecule has 5 rings (SSSR count). The Kier molecular flexibility index (Phi) is 6.21. The minimum Gasteiger partial charge on any atom is -0.495 e. The second-order valence-electron chi connectivity index (χ2n) is 8.12. The van der Waals surface area contributed by atoms with Gasteiger partial charge in [0.2, 0.25) is 11.9 Å². The predicted molar refractivity (Wildman–Crippen MR) is 144 cm³/mol. The number of nitrogens with zero attached hydrogens (tertiary/aromatic N) is 5. The van der Waals surface area contributed by atoms with Gasteiger partial charge in [-0.25, -0.2) is 19.9 Å². The van der Waals surface area contributed by atoms with Crippen LogP contribution in [0.15, 0.2) is 79.9 Å². The zero-order valence-electron chi connectivity index (χ0n) is 20.3. The molecule has 0 spiro atoms. The second kappa shape index (κ2) is 9.78. The van der Waals surface area contributed by atoms with E-state index in [-0.39, 0.29) is 5.91 Å². The van der Waals surface area contributed by atoms with Crippen molar-refractivity contribution in [2.24, 2.45) is 7.05 Å². The number of carbonyl (C=O) groups excluding carboxylic acids is 1. The van der Waals surface area contributed by atoms with Gasteiger partial charge in [0.05, 0.1) is 23.9 Å². The lowest BCUT2D eigenvalue weighted by atomic mass is 9.98. The van der Waals surface area contributed by atoms with Gasteiger partial charge in [-0.05, 0) is 47.5 Å². The summed E-state index contributed by atoms with van der Waals surface area (Å²) in [5.41, 5.74) is 12.0. The Morgan fingerprint density at radius 2 is 1.78 bits per heavy atom. The molecule has 37 heavy (non-hydrogen) atoms. The highest BCUT2D eigenvalue weighted by molar-refractivity contribution is 6.08. The molecule has 1 amide bonds. The maximum Gasteiger partial charge on any atom is 0.247 e. The van der Waals surface area contributed by atoms with E-state index in [2.05, 4.69) is 37.1 Å². The van der Waals surface area contributed by atoms with Crippen molar-refractivity contribution in [1.82, 2.24) is 24.5 Å². The summed E-state index contributed by atoms with van der Waals surface area (Å²) < 4.78 is 7.68. The molecule has 10 nitrogen and oxygen atoms in total. The van der Waals surface area contributed by atoms with Crippen LogP contribution in [0, 0.1) is 0 Å². The molecule has 4 N–H and O–H groups in total. The minimum atomic E-state index is -0.275. The van der Waals surface area contributed by atoms with E-state index in [1.54, 1.807) is 25.6 Å². The summed E-state index contributed by atoms with van der Waals surface area (Å²) in [6.45, 7) is 3.49. The van der Waals surface area contributed by atoms with Crippen LogP contribution in [-0.2, 0) is 11.8 Å². The summed E-state index contributed by atoms with van der Waals surface area (Å²) >= 11 is 0. The molecule has 2 aromatic carbocycles. The fourth-order valence-corrected chi connectivity index (χ4v) is 4.23. The van der Waals surface area contributed by atoms with Crippen LogP contribution in [0.25, 0.3) is 33.4 Å². The number of nitrogens with two attached hydrogens (primary N) is 1. The van der Waals surface area contributed by atoms with Gasteiger partial charge in [0.15, 0.2) is 0 Å². The molecule has 0 bridgehead atoms. The van der Waals surface area contributed by atoms with Crippen LogP contribution in [0.2, 0.25) is 0 Å². The third-order valence-corrected chi connectivity index (χ3v) is 5.91. The Bertz CT molecular complexity index is 1610. The number of amides is 1. The highest BCUT2D eigenvalue weighted by Crippen LogP contribution is 2.43. The van der Waals surface area contributed by atoms with Crippen LogP contribution in [0.3, 0.4) is 0 Å². The van der Waals surface area contributed by atoms with Crippen molar-refractivity contribution in [3.63, 3.8) is 0 Å². The average Bonchev–Trinajstić information content (AvgIpc) is 3.23. The van der Waals surface area contributed by atoms with Crippen LogP contribution < -0.4 is 21.1 Å². The first-order valence-corrected chi connectivity index (χ1v) is 11.3. The Balaban J connectivity index is 1.66. The summed E-state index contributed by atoms with van der Waals surface area (Å²) in [6, 6.07) is 15.1. The Hall–Kier alpha value is -5.25. The average molecular weight is 493 g/mol. The van der Waals surface area contributed by atoms with E-state index in [1.807, 2.05) is 54.1 Å². The van der Waals surface area contributed by atoms with E-state index in [9.17, 15) is 4.79 Å². The Labute approximate surface area is 212 Å². The number of nitrogen functional groups attached to an aromatic ring is 1. The maximum absolute atomic E-state index is 11.7. The number of methoxy groups -OCH3 is 1. The number of ether oxygens (including phenoxy) is 1. The molecule has 0 aliphatic heterocycles. The van der Waals surface area contributed by atoms with Gasteiger partial charge in [0.1, 0.15) is 23.5 Å². The van der Waals surface area contributed by atoms with Gasteiger partial charge in [0, 0.05) is 30.7 Å². The van der Waals surface area contributed by atoms with Gasteiger partial charge in [-0.3, -0.25) is 4.79 Å². The number of carbonyl (C=O) groups is 1. The molecule has 3 heterocycles. The molecule has 0 atom stereocenters. The largest absolute Gasteiger partial charge is 0.495 e. The number of aromatic nitrogens is 5. The molecule has 0 fully saturated rings. The zero-order valence-corrected chi connectivity index (χ0v) is 20.3. The molecule has 3 aromatic heterocycles. The van der Waals surface area contributed by atoms with Gasteiger partial charge in [-0.2, -0.15) is 0 Å². The minimum absolute atomic E-state index is 0.275. The molecule has 0 unspecified atom stereocenters. The van der Waals surface area contributed by atoms with Crippen molar-refractivity contribution in [3.05, 3.63) is 79.9 Å². The highest BCUT2D eigenvalue weighted by Gasteiger charge is 2.23. The zero-order chi connectivity index (χ0) is 25.9. The molecule has 0 radical (unpaired) electrons. The van der Waals surface area contributed by atoms with Gasteiger partial charge >= 0.3 is 0 Å². The Morgan fingerprint density at radius 3 is 2.49 bits per heavy atom. The molecule has 10 heteroatoms. The number of nitrogens with one attached hydrogen (secondary N) is 2. The van der Waals surface area contributed by atoms with E-state index >= 15 is 0 Å². The number of rotatable bonds is 7. The summed E-state index contributed by atoms with van der Waals surface area (Å²) in [6.07, 6.45) is 6.00. The first kappa shape index (κ1) is 23.5. The molecule has 184 valence electrons. The first-order chi connectivity index (χ1) is 18.0. The summed E-state index contributed by atoms with van der Waals surface area (Å²) in [5.74, 6) is 1.16. The topological polar surface area (TPSA) is 133 Å². The Morgan fingerprint density at radius 1 is 1.05 bits per heavy atom. The van der Waals surface area contributed by atoms with Crippen LogP contribution >= 0.6 is 0 Å². The van der Waals surface area contributed by atoms with Gasteiger partial charge in [-0.15, -0.1) is 0 Å². The summed E-state index contributed by atoms with van der Waals surface area (Å²) in [7, 11) is 3.54. The van der Waals surface area contributed by atoms with Gasteiger partial charge in [0.25, 0.3) is 0 Å². The van der Waals surface area contributed by atoms with Crippen molar-refractivity contribution in [3.8, 4) is 28.1 Å². The van der Waals surface area contributed by atoms with Gasteiger partial charge in [-0.1, -0.05) is 24.8 Å². The lowest BCUT2D eigenvalue weighted by molar-refractivity contribution is -0.111. The predicted octanol–water partition coefficient (Wildman–Crippen LogP) is 4.55. The third kappa shape index (κ3) is 4.43. The van der Waals surface area contributed by atoms with Crippen LogP contribution in [-0.4, -0.2) is 37.5 Å². The molecular weight excluding hydrogens is 468 g/mol. The third-order valence-electron chi connectivity index (χ3n) is 5.91. The maximum atomic E-state index is 11.7. The molecule has 0 saturated heterocycles. The van der Waals surface area contributed by atoms with Crippen LogP contribution in [0.4, 0.5) is 23.1 Å². The van der Waals surface area contributed by atoms with Crippen molar-refractivity contribution >= 4 is 40.1 Å². The van der Waals surface area contributed by atoms with E-state index in [0.717, 1.165) is 27.8 Å². The van der Waals surface area contributed by atoms with E-state index < -0.39 is 0 Å². The van der Waals surface area contributed by atoms with Crippen LogP contribution in [0.1, 0.15) is 0 Å². The SMILES string of the molecule is C=CC(=O)Nc1ccc(-c2c(-c3ccc(Nc4ncccn4)c(OC)c3)c3c(N)ncnc3n2C)cc1. The fourth-order valence-electron chi connectivity index (χ4n) is 4.23. The lowest BCUT2D eigenvalue weighted by Crippen LogP contribution is -2.06. The first-order valence-electron chi connectivity index (χ1n) is 11.3. The second-order valence-corrected chi connectivity index (χ2v) is 8.12. The summed E-state index contributed by atoms with van der Waals surface area (Å²) in [4.78, 5) is 28.9. The number of hydrogen-bond donors (Lipinski definition) is 3. The number of benzene rings is 2. The number of hydrogen-bond acceptors (Lipinski definition) is 8. The van der Waals surface area contributed by atoms with Gasteiger partial charge < -0.3 is 25.7 Å². The monoisotopic (exact) mass is 492 g/mol. The van der Waals surface area contributed by atoms with E-state index in [4.69, 9.17) is 10.5 Å². The normalized spacial score (nSPS) is 10.8. The summed E-state index contributed by atoms with van der Waals surface area (Å²) in [5, 5.41) is 6.69.